The fourth-order valence-corrected chi connectivity index (χ4v) is 1.67. The Balaban J connectivity index is 2.16. The van der Waals surface area contributed by atoms with Crippen LogP contribution in [0.4, 0.5) is 0 Å². The normalized spacial score (nSPS) is 51.0. The molecule has 0 radical (unpaired) electrons. The summed E-state index contributed by atoms with van der Waals surface area (Å²) < 4.78 is 16.0. The summed E-state index contributed by atoms with van der Waals surface area (Å²) in [7, 11) is 0. The Hall–Kier alpha value is -0.160. The molecule has 2 aliphatic rings. The van der Waals surface area contributed by atoms with Gasteiger partial charge in [0.2, 0.25) is 5.79 Å². The lowest BCUT2D eigenvalue weighted by Crippen LogP contribution is -2.55. The van der Waals surface area contributed by atoms with Gasteiger partial charge < -0.3 is 19.3 Å². The summed E-state index contributed by atoms with van der Waals surface area (Å²) in [5, 5.41) is 9.63. The van der Waals surface area contributed by atoms with Gasteiger partial charge in [-0.1, -0.05) is 0 Å². The summed E-state index contributed by atoms with van der Waals surface area (Å²) in [5.41, 5.74) is 0. The van der Waals surface area contributed by atoms with E-state index in [0.29, 0.717) is 6.61 Å². The smallest absolute Gasteiger partial charge is 0.224 e. The van der Waals surface area contributed by atoms with E-state index in [2.05, 4.69) is 0 Å². The summed E-state index contributed by atoms with van der Waals surface area (Å²) in [6.45, 7) is 5.92. The largest absolute Gasteiger partial charge is 0.385 e. The maximum Gasteiger partial charge on any atom is 0.224 e. The van der Waals surface area contributed by atoms with Gasteiger partial charge in [0.25, 0.3) is 0 Å². The molecule has 1 unspecified atom stereocenters. The zero-order chi connectivity index (χ0) is 8.98. The van der Waals surface area contributed by atoms with E-state index in [0.717, 1.165) is 0 Å². The molecular weight excluding hydrogens is 160 g/mol. The van der Waals surface area contributed by atoms with Gasteiger partial charge in [0, 0.05) is 0 Å². The SMILES string of the molecule is CC1OC(C)(C)O[C@@]2(CO2)[C@@H]1O. The monoisotopic (exact) mass is 174 g/mol. The van der Waals surface area contributed by atoms with E-state index in [-0.39, 0.29) is 6.10 Å². The van der Waals surface area contributed by atoms with Crippen molar-refractivity contribution >= 4 is 0 Å². The predicted octanol–water partition coefficient (Wildman–Crippen LogP) is 0.245. The molecule has 4 heteroatoms. The van der Waals surface area contributed by atoms with Gasteiger partial charge >= 0.3 is 0 Å². The van der Waals surface area contributed by atoms with Gasteiger partial charge in [-0.15, -0.1) is 0 Å². The van der Waals surface area contributed by atoms with Crippen molar-refractivity contribution in [2.24, 2.45) is 0 Å². The Bertz CT molecular complexity index is 197. The van der Waals surface area contributed by atoms with Crippen molar-refractivity contribution in [1.82, 2.24) is 0 Å². The highest BCUT2D eigenvalue weighted by atomic mass is 16.9. The second-order valence-corrected chi connectivity index (χ2v) is 3.87. The highest BCUT2D eigenvalue weighted by molar-refractivity contribution is 4.97. The van der Waals surface area contributed by atoms with Gasteiger partial charge in [0.1, 0.15) is 12.7 Å². The molecule has 0 aromatic heterocycles. The number of ether oxygens (including phenoxy) is 3. The number of aliphatic hydroxyl groups is 1. The van der Waals surface area contributed by atoms with Gasteiger partial charge in [-0.05, 0) is 20.8 Å². The molecule has 0 aromatic carbocycles. The second kappa shape index (κ2) is 2.20. The molecule has 12 heavy (non-hydrogen) atoms. The second-order valence-electron chi connectivity index (χ2n) is 3.87. The van der Waals surface area contributed by atoms with E-state index in [1.54, 1.807) is 0 Å². The number of hydrogen-bond acceptors (Lipinski definition) is 4. The van der Waals surface area contributed by atoms with Gasteiger partial charge in [-0.25, -0.2) is 0 Å². The third kappa shape index (κ3) is 1.15. The van der Waals surface area contributed by atoms with Crippen molar-refractivity contribution in [3.8, 4) is 0 Å². The number of hydrogen-bond donors (Lipinski definition) is 1. The first-order valence-corrected chi connectivity index (χ1v) is 4.15. The van der Waals surface area contributed by atoms with Crippen molar-refractivity contribution in [2.45, 2.75) is 44.6 Å². The van der Waals surface area contributed by atoms with E-state index in [9.17, 15) is 5.11 Å². The number of rotatable bonds is 0. The van der Waals surface area contributed by atoms with Crippen LogP contribution in [0, 0.1) is 0 Å². The summed E-state index contributed by atoms with van der Waals surface area (Å²) in [6, 6.07) is 0. The molecule has 4 nitrogen and oxygen atoms in total. The van der Waals surface area contributed by atoms with Crippen LogP contribution in [0.1, 0.15) is 20.8 Å². The lowest BCUT2D eigenvalue weighted by molar-refractivity contribution is -0.359. The van der Waals surface area contributed by atoms with Crippen LogP contribution in [-0.2, 0) is 14.2 Å². The number of epoxide rings is 1. The van der Waals surface area contributed by atoms with Crippen LogP contribution in [0.3, 0.4) is 0 Å². The molecule has 2 rings (SSSR count). The third-order valence-corrected chi connectivity index (χ3v) is 2.21. The highest BCUT2D eigenvalue weighted by Crippen LogP contribution is 2.43. The molecule has 70 valence electrons. The van der Waals surface area contributed by atoms with Gasteiger partial charge in [0.15, 0.2) is 5.79 Å². The molecule has 0 bridgehead atoms. The standard InChI is InChI=1S/C8H14O4/c1-5-6(9)8(4-10-8)12-7(2,3)11-5/h5-6,9H,4H2,1-3H3/t5?,6-,8+/m1/s1. The molecule has 2 heterocycles. The van der Waals surface area contributed by atoms with Gasteiger partial charge in [-0.3, -0.25) is 0 Å². The van der Waals surface area contributed by atoms with E-state index in [1.807, 2.05) is 20.8 Å². The maximum absolute atomic E-state index is 9.63. The maximum atomic E-state index is 9.63. The fraction of sp³-hybridized carbons (Fsp3) is 1.00. The third-order valence-electron chi connectivity index (χ3n) is 2.21. The predicted molar refractivity (Wildman–Crippen MR) is 40.4 cm³/mol. The molecule has 1 N–H and O–H groups in total. The van der Waals surface area contributed by atoms with Crippen molar-refractivity contribution in [3.63, 3.8) is 0 Å². The Morgan fingerprint density at radius 1 is 1.42 bits per heavy atom. The van der Waals surface area contributed by atoms with Crippen LogP contribution in [0.15, 0.2) is 0 Å². The Kier molecular flexibility index (Phi) is 1.55. The zero-order valence-electron chi connectivity index (χ0n) is 7.53. The van der Waals surface area contributed by atoms with Crippen LogP contribution in [0.2, 0.25) is 0 Å². The molecule has 1 spiro atoms. The van der Waals surface area contributed by atoms with Gasteiger partial charge in [0.05, 0.1) is 6.10 Å². The average Bonchev–Trinajstić information content (AvgIpc) is 2.63. The molecule has 0 aliphatic carbocycles. The first kappa shape index (κ1) is 8.44. The zero-order valence-corrected chi connectivity index (χ0v) is 7.53. The Labute approximate surface area is 71.4 Å². The van der Waals surface area contributed by atoms with Crippen molar-refractivity contribution in [3.05, 3.63) is 0 Å². The summed E-state index contributed by atoms with van der Waals surface area (Å²) in [6.07, 6.45) is -0.915. The van der Waals surface area contributed by atoms with E-state index < -0.39 is 17.7 Å². The molecule has 2 fully saturated rings. The minimum absolute atomic E-state index is 0.240. The lowest BCUT2D eigenvalue weighted by atomic mass is 10.1. The fourth-order valence-electron chi connectivity index (χ4n) is 1.67. The molecule has 0 aromatic rings. The molecule has 3 atom stereocenters. The van der Waals surface area contributed by atoms with E-state index >= 15 is 0 Å². The molecule has 2 saturated heterocycles. The molecule has 2 aliphatic heterocycles. The van der Waals surface area contributed by atoms with E-state index in [1.165, 1.54) is 0 Å². The van der Waals surface area contributed by atoms with Crippen molar-refractivity contribution < 1.29 is 19.3 Å². The summed E-state index contributed by atoms with van der Waals surface area (Å²) in [5.74, 6) is -1.43. The minimum Gasteiger partial charge on any atom is -0.385 e. The first-order chi connectivity index (χ1) is 5.45. The summed E-state index contributed by atoms with van der Waals surface area (Å²) >= 11 is 0. The van der Waals surface area contributed by atoms with Crippen LogP contribution in [0.25, 0.3) is 0 Å². The topological polar surface area (TPSA) is 51.2 Å². The molecule has 0 amide bonds. The van der Waals surface area contributed by atoms with Crippen LogP contribution in [0.5, 0.6) is 0 Å². The average molecular weight is 174 g/mol. The molecule has 0 saturated carbocycles. The van der Waals surface area contributed by atoms with Crippen molar-refractivity contribution in [1.29, 1.82) is 0 Å². The Morgan fingerprint density at radius 2 is 2.00 bits per heavy atom. The number of aliphatic hydroxyl groups excluding tert-OH is 1. The van der Waals surface area contributed by atoms with Gasteiger partial charge in [-0.2, -0.15) is 0 Å². The minimum atomic E-state index is -0.777. The molecular formula is C8H14O4. The van der Waals surface area contributed by atoms with E-state index in [4.69, 9.17) is 14.2 Å². The first-order valence-electron chi connectivity index (χ1n) is 4.15. The van der Waals surface area contributed by atoms with Crippen LogP contribution >= 0.6 is 0 Å². The van der Waals surface area contributed by atoms with Crippen LogP contribution in [-0.4, -0.2) is 35.5 Å². The van der Waals surface area contributed by atoms with Crippen molar-refractivity contribution in [2.75, 3.05) is 6.61 Å². The van der Waals surface area contributed by atoms with Crippen LogP contribution < -0.4 is 0 Å². The highest BCUT2D eigenvalue weighted by Gasteiger charge is 2.61. The Morgan fingerprint density at radius 3 is 2.50 bits per heavy atom. The summed E-state index contributed by atoms with van der Waals surface area (Å²) in [4.78, 5) is 0. The quantitative estimate of drug-likeness (QED) is 0.535. The lowest BCUT2D eigenvalue weighted by Gasteiger charge is -2.41.